The van der Waals surface area contributed by atoms with Crippen molar-refractivity contribution in [1.29, 1.82) is 0 Å². The van der Waals surface area contributed by atoms with Gasteiger partial charge in [-0.05, 0) is 25.0 Å². The Morgan fingerprint density at radius 1 is 1.39 bits per heavy atom. The highest BCUT2D eigenvalue weighted by molar-refractivity contribution is 6.36. The number of amides is 1. The summed E-state index contributed by atoms with van der Waals surface area (Å²) < 4.78 is 13.3. The van der Waals surface area contributed by atoms with Gasteiger partial charge in [-0.15, -0.1) is 0 Å². The van der Waals surface area contributed by atoms with Crippen LogP contribution in [0.3, 0.4) is 0 Å². The third-order valence-electron chi connectivity index (χ3n) is 3.17. The Balaban J connectivity index is 2.07. The molecule has 6 heteroatoms. The van der Waals surface area contributed by atoms with Crippen molar-refractivity contribution in [3.05, 3.63) is 33.6 Å². The summed E-state index contributed by atoms with van der Waals surface area (Å²) in [6.07, 6.45) is 1.76. The Labute approximate surface area is 114 Å². The first-order chi connectivity index (χ1) is 8.47. The number of hydrogen-bond donors (Lipinski definition) is 2. The highest BCUT2D eigenvalue weighted by Gasteiger charge is 2.42. The van der Waals surface area contributed by atoms with Crippen LogP contribution in [0, 0.1) is 11.2 Å². The highest BCUT2D eigenvalue weighted by Crippen LogP contribution is 2.44. The van der Waals surface area contributed by atoms with Gasteiger partial charge in [0.2, 0.25) is 0 Å². The molecule has 0 aromatic heterocycles. The molecule has 1 aliphatic carbocycles. The molecule has 0 atom stereocenters. The standard InChI is InChI=1S/C12H12Cl2FNO2/c13-8-4-9(14)10(15)3-7(8)11(18)16-5-12(6-17)1-2-12/h3-4,17H,1-2,5-6H2,(H,16,18). The summed E-state index contributed by atoms with van der Waals surface area (Å²) >= 11 is 11.4. The molecule has 0 radical (unpaired) electrons. The van der Waals surface area contributed by atoms with Crippen LogP contribution in [0.4, 0.5) is 4.39 Å². The highest BCUT2D eigenvalue weighted by atomic mass is 35.5. The van der Waals surface area contributed by atoms with E-state index in [0.29, 0.717) is 6.54 Å². The van der Waals surface area contributed by atoms with Crippen LogP contribution in [-0.2, 0) is 0 Å². The first-order valence-electron chi connectivity index (χ1n) is 5.51. The Hall–Kier alpha value is -0.840. The van der Waals surface area contributed by atoms with E-state index in [9.17, 15) is 9.18 Å². The molecule has 98 valence electrons. The van der Waals surface area contributed by atoms with Gasteiger partial charge in [0.25, 0.3) is 5.91 Å². The van der Waals surface area contributed by atoms with Crippen molar-refractivity contribution in [1.82, 2.24) is 5.32 Å². The second-order valence-electron chi connectivity index (χ2n) is 4.59. The van der Waals surface area contributed by atoms with Crippen molar-refractivity contribution in [3.63, 3.8) is 0 Å². The van der Waals surface area contributed by atoms with E-state index >= 15 is 0 Å². The Morgan fingerprint density at radius 2 is 2.06 bits per heavy atom. The van der Waals surface area contributed by atoms with Crippen molar-refractivity contribution in [3.8, 4) is 0 Å². The lowest BCUT2D eigenvalue weighted by Gasteiger charge is -2.13. The molecule has 1 amide bonds. The predicted octanol–water partition coefficient (Wildman–Crippen LogP) is 2.63. The average Bonchev–Trinajstić information content (AvgIpc) is 3.11. The van der Waals surface area contributed by atoms with Gasteiger partial charge in [-0.25, -0.2) is 4.39 Å². The largest absolute Gasteiger partial charge is 0.396 e. The summed E-state index contributed by atoms with van der Waals surface area (Å²) in [6.45, 7) is 0.402. The predicted molar refractivity (Wildman–Crippen MR) is 67.5 cm³/mol. The van der Waals surface area contributed by atoms with E-state index in [1.54, 1.807) is 0 Å². The van der Waals surface area contributed by atoms with Gasteiger partial charge in [-0.2, -0.15) is 0 Å². The quantitative estimate of drug-likeness (QED) is 0.838. The van der Waals surface area contributed by atoms with E-state index < -0.39 is 11.7 Å². The Kier molecular flexibility index (Phi) is 3.80. The molecule has 3 nitrogen and oxygen atoms in total. The molecule has 2 N–H and O–H groups in total. The summed E-state index contributed by atoms with van der Waals surface area (Å²) in [6, 6.07) is 2.21. The maximum absolute atomic E-state index is 13.3. The van der Waals surface area contributed by atoms with Crippen LogP contribution in [0.25, 0.3) is 0 Å². The van der Waals surface area contributed by atoms with E-state index in [2.05, 4.69) is 5.32 Å². The number of benzene rings is 1. The third kappa shape index (κ3) is 2.76. The SMILES string of the molecule is O=C(NCC1(CO)CC1)c1cc(F)c(Cl)cc1Cl. The van der Waals surface area contributed by atoms with Gasteiger partial charge < -0.3 is 10.4 Å². The molecule has 2 rings (SSSR count). The second kappa shape index (κ2) is 5.03. The van der Waals surface area contributed by atoms with Gasteiger partial charge in [-0.1, -0.05) is 23.2 Å². The summed E-state index contributed by atoms with van der Waals surface area (Å²) in [5.41, 5.74) is -0.153. The number of carbonyl (C=O) groups excluding carboxylic acids is 1. The first-order valence-corrected chi connectivity index (χ1v) is 6.27. The molecule has 1 fully saturated rings. The maximum atomic E-state index is 13.3. The van der Waals surface area contributed by atoms with E-state index in [0.717, 1.165) is 18.9 Å². The molecular weight excluding hydrogens is 280 g/mol. The third-order valence-corrected chi connectivity index (χ3v) is 3.77. The van der Waals surface area contributed by atoms with E-state index in [1.807, 2.05) is 0 Å². The molecule has 0 saturated heterocycles. The van der Waals surface area contributed by atoms with Crippen molar-refractivity contribution in [2.45, 2.75) is 12.8 Å². The minimum Gasteiger partial charge on any atom is -0.396 e. The Bertz CT molecular complexity index is 489. The van der Waals surface area contributed by atoms with Crippen molar-refractivity contribution in [2.24, 2.45) is 5.41 Å². The second-order valence-corrected chi connectivity index (χ2v) is 5.40. The molecular formula is C12H12Cl2FNO2. The number of aliphatic hydroxyl groups is 1. The van der Waals surface area contributed by atoms with Crippen LogP contribution in [0.15, 0.2) is 12.1 Å². The molecule has 0 aliphatic heterocycles. The van der Waals surface area contributed by atoms with Crippen LogP contribution >= 0.6 is 23.2 Å². The lowest BCUT2D eigenvalue weighted by atomic mass is 10.1. The zero-order valence-electron chi connectivity index (χ0n) is 9.47. The van der Waals surface area contributed by atoms with Crippen LogP contribution < -0.4 is 5.32 Å². The normalized spacial score (nSPS) is 16.4. The van der Waals surface area contributed by atoms with Gasteiger partial charge in [0.1, 0.15) is 5.82 Å². The van der Waals surface area contributed by atoms with Gasteiger partial charge >= 0.3 is 0 Å². The monoisotopic (exact) mass is 291 g/mol. The number of hydrogen-bond acceptors (Lipinski definition) is 2. The summed E-state index contributed by atoms with van der Waals surface area (Å²) in [7, 11) is 0. The first kappa shape index (κ1) is 13.6. The van der Waals surface area contributed by atoms with Gasteiger partial charge in [-0.3, -0.25) is 4.79 Å². The molecule has 1 aliphatic rings. The number of nitrogens with one attached hydrogen (secondary N) is 1. The smallest absolute Gasteiger partial charge is 0.252 e. The van der Waals surface area contributed by atoms with Crippen molar-refractivity contribution >= 4 is 29.1 Å². The fourth-order valence-corrected chi connectivity index (χ4v) is 2.10. The molecule has 1 saturated carbocycles. The molecule has 0 unspecified atom stereocenters. The van der Waals surface area contributed by atoms with Crippen molar-refractivity contribution in [2.75, 3.05) is 13.2 Å². The zero-order valence-corrected chi connectivity index (χ0v) is 11.0. The Morgan fingerprint density at radius 3 is 2.61 bits per heavy atom. The molecule has 0 heterocycles. The molecule has 1 aromatic rings. The van der Waals surface area contributed by atoms with E-state index in [4.69, 9.17) is 28.3 Å². The summed E-state index contributed by atoms with van der Waals surface area (Å²) in [5, 5.41) is 11.8. The van der Waals surface area contributed by atoms with Crippen molar-refractivity contribution < 1.29 is 14.3 Å². The molecule has 1 aromatic carbocycles. The van der Waals surface area contributed by atoms with Gasteiger partial charge in [0, 0.05) is 12.0 Å². The van der Waals surface area contributed by atoms with Gasteiger partial charge in [0.05, 0.1) is 22.2 Å². The fourth-order valence-electron chi connectivity index (χ4n) is 1.63. The van der Waals surface area contributed by atoms with E-state index in [-0.39, 0.29) is 27.6 Å². The number of aliphatic hydroxyl groups excluding tert-OH is 1. The molecule has 0 spiro atoms. The average molecular weight is 292 g/mol. The minimum absolute atomic E-state index is 0.0377. The van der Waals surface area contributed by atoms with Crippen LogP contribution in [-0.4, -0.2) is 24.2 Å². The topological polar surface area (TPSA) is 49.3 Å². The van der Waals surface area contributed by atoms with Gasteiger partial charge in [0.15, 0.2) is 0 Å². The molecule has 0 bridgehead atoms. The molecule has 18 heavy (non-hydrogen) atoms. The lowest BCUT2D eigenvalue weighted by Crippen LogP contribution is -2.32. The number of carbonyl (C=O) groups is 1. The van der Waals surface area contributed by atoms with E-state index in [1.165, 1.54) is 6.07 Å². The number of halogens is 3. The zero-order chi connectivity index (χ0) is 13.3. The number of rotatable bonds is 4. The summed E-state index contributed by atoms with van der Waals surface area (Å²) in [4.78, 5) is 11.8. The fraction of sp³-hybridized carbons (Fsp3) is 0.417. The lowest BCUT2D eigenvalue weighted by molar-refractivity contribution is 0.0935. The van der Waals surface area contributed by atoms with Crippen LogP contribution in [0.5, 0.6) is 0 Å². The summed E-state index contributed by atoms with van der Waals surface area (Å²) in [5.74, 6) is -1.15. The minimum atomic E-state index is -0.686. The maximum Gasteiger partial charge on any atom is 0.252 e. The van der Waals surface area contributed by atoms with Crippen LogP contribution in [0.1, 0.15) is 23.2 Å². The van der Waals surface area contributed by atoms with Crippen LogP contribution in [0.2, 0.25) is 10.0 Å².